The smallest absolute Gasteiger partial charge is 0.0666 e. The van der Waals surface area contributed by atoms with E-state index < -0.39 is 0 Å². The fourth-order valence-corrected chi connectivity index (χ4v) is 2.88. The first-order chi connectivity index (χ1) is 8.42. The molecular weight excluding hydrogens is 218 g/mol. The number of ether oxygens (including phenoxy) is 3. The van der Waals surface area contributed by atoms with E-state index >= 15 is 0 Å². The van der Waals surface area contributed by atoms with Gasteiger partial charge in [-0.1, -0.05) is 0 Å². The molecule has 2 fully saturated rings. The highest BCUT2D eigenvalue weighted by molar-refractivity contribution is 4.84. The van der Waals surface area contributed by atoms with Gasteiger partial charge in [0.05, 0.1) is 19.3 Å². The first-order valence-electron chi connectivity index (χ1n) is 6.81. The number of rotatable bonds is 6. The van der Waals surface area contributed by atoms with Crippen molar-refractivity contribution >= 4 is 0 Å². The van der Waals surface area contributed by atoms with Gasteiger partial charge in [-0.3, -0.25) is 0 Å². The fourth-order valence-electron chi connectivity index (χ4n) is 2.88. The van der Waals surface area contributed by atoms with Gasteiger partial charge < -0.3 is 19.5 Å². The van der Waals surface area contributed by atoms with Gasteiger partial charge >= 0.3 is 0 Å². The van der Waals surface area contributed by atoms with Gasteiger partial charge in [-0.25, -0.2) is 0 Å². The molecule has 0 saturated carbocycles. The largest absolute Gasteiger partial charge is 0.383 e. The third kappa shape index (κ3) is 3.91. The maximum atomic E-state index is 5.98. The molecule has 0 bridgehead atoms. The van der Waals surface area contributed by atoms with Crippen molar-refractivity contribution in [3.05, 3.63) is 0 Å². The lowest BCUT2D eigenvalue weighted by Gasteiger charge is -2.35. The molecule has 0 aromatic rings. The van der Waals surface area contributed by atoms with Gasteiger partial charge in [-0.05, 0) is 25.2 Å². The van der Waals surface area contributed by atoms with Crippen LogP contribution in [0.5, 0.6) is 0 Å². The van der Waals surface area contributed by atoms with Gasteiger partial charge in [0, 0.05) is 39.3 Å². The lowest BCUT2D eigenvalue weighted by molar-refractivity contribution is -0.0608. The molecule has 2 rings (SSSR count). The van der Waals surface area contributed by atoms with Gasteiger partial charge in [0.15, 0.2) is 0 Å². The number of nitrogens with one attached hydrogen (secondary N) is 1. The maximum absolute atomic E-state index is 5.98. The van der Waals surface area contributed by atoms with Crippen LogP contribution in [0.2, 0.25) is 0 Å². The standard InChI is InChI=1S/C13H25NO3/c1-15-8-5-14-9-11-3-2-6-17-13(11)12-4-7-16-10-12/h11-14H,2-10H2,1H3. The molecule has 0 amide bonds. The molecule has 2 aliphatic heterocycles. The Labute approximate surface area is 104 Å². The second kappa shape index (κ2) is 7.31. The molecule has 3 atom stereocenters. The molecule has 100 valence electrons. The summed E-state index contributed by atoms with van der Waals surface area (Å²) in [5.41, 5.74) is 0. The highest BCUT2D eigenvalue weighted by atomic mass is 16.5. The average molecular weight is 243 g/mol. The Morgan fingerprint density at radius 2 is 2.24 bits per heavy atom. The highest BCUT2D eigenvalue weighted by Gasteiger charge is 2.34. The van der Waals surface area contributed by atoms with Crippen molar-refractivity contribution in [3.8, 4) is 0 Å². The summed E-state index contributed by atoms with van der Waals surface area (Å²) in [7, 11) is 1.74. The molecule has 4 nitrogen and oxygen atoms in total. The first-order valence-corrected chi connectivity index (χ1v) is 6.81. The molecule has 2 aliphatic rings. The van der Waals surface area contributed by atoms with Crippen LogP contribution in [-0.2, 0) is 14.2 Å². The van der Waals surface area contributed by atoms with Gasteiger partial charge in [0.1, 0.15) is 0 Å². The number of hydrogen-bond donors (Lipinski definition) is 1. The molecule has 2 saturated heterocycles. The average Bonchev–Trinajstić information content (AvgIpc) is 2.89. The third-order valence-electron chi connectivity index (χ3n) is 3.81. The van der Waals surface area contributed by atoms with Crippen LogP contribution < -0.4 is 5.32 Å². The summed E-state index contributed by atoms with van der Waals surface area (Å²) in [5.74, 6) is 1.26. The van der Waals surface area contributed by atoms with E-state index in [2.05, 4.69) is 5.32 Å². The normalized spacial score (nSPS) is 34.1. The fraction of sp³-hybridized carbons (Fsp3) is 1.00. The van der Waals surface area contributed by atoms with Crippen molar-refractivity contribution in [3.63, 3.8) is 0 Å². The molecule has 0 aromatic heterocycles. The molecule has 0 spiro atoms. The van der Waals surface area contributed by atoms with Gasteiger partial charge in [0.25, 0.3) is 0 Å². The van der Waals surface area contributed by atoms with Crippen LogP contribution in [0.25, 0.3) is 0 Å². The molecule has 17 heavy (non-hydrogen) atoms. The van der Waals surface area contributed by atoms with Crippen LogP contribution in [0.4, 0.5) is 0 Å². The summed E-state index contributed by atoms with van der Waals surface area (Å²) >= 11 is 0. The van der Waals surface area contributed by atoms with E-state index in [1.54, 1.807) is 7.11 Å². The van der Waals surface area contributed by atoms with Crippen molar-refractivity contribution in [2.24, 2.45) is 11.8 Å². The topological polar surface area (TPSA) is 39.7 Å². The molecule has 4 heteroatoms. The van der Waals surface area contributed by atoms with E-state index in [-0.39, 0.29) is 0 Å². The number of hydrogen-bond acceptors (Lipinski definition) is 4. The van der Waals surface area contributed by atoms with Gasteiger partial charge in [-0.15, -0.1) is 0 Å². The van der Waals surface area contributed by atoms with E-state index in [0.29, 0.717) is 17.9 Å². The predicted octanol–water partition coefficient (Wildman–Crippen LogP) is 1.05. The number of methoxy groups -OCH3 is 1. The van der Waals surface area contributed by atoms with Crippen molar-refractivity contribution in [1.82, 2.24) is 5.32 Å². The van der Waals surface area contributed by atoms with Crippen molar-refractivity contribution in [2.75, 3.05) is 46.6 Å². The molecule has 1 N–H and O–H groups in total. The van der Waals surface area contributed by atoms with E-state index in [1.807, 2.05) is 0 Å². The Morgan fingerprint density at radius 3 is 3.00 bits per heavy atom. The van der Waals surface area contributed by atoms with E-state index in [1.165, 1.54) is 19.3 Å². The summed E-state index contributed by atoms with van der Waals surface area (Å²) < 4.78 is 16.5. The molecule has 0 aromatic carbocycles. The van der Waals surface area contributed by atoms with Crippen LogP contribution in [0.1, 0.15) is 19.3 Å². The lowest BCUT2D eigenvalue weighted by Crippen LogP contribution is -2.42. The molecular formula is C13H25NO3. The molecule has 2 heterocycles. The summed E-state index contributed by atoms with van der Waals surface area (Å²) in [6, 6.07) is 0. The van der Waals surface area contributed by atoms with E-state index in [4.69, 9.17) is 14.2 Å². The summed E-state index contributed by atoms with van der Waals surface area (Å²) in [6.07, 6.45) is 4.04. The zero-order valence-electron chi connectivity index (χ0n) is 10.8. The SMILES string of the molecule is COCCNCC1CCCOC1C1CCOC1. The maximum Gasteiger partial charge on any atom is 0.0666 e. The minimum absolute atomic E-state index is 0.404. The molecule has 3 unspecified atom stereocenters. The minimum Gasteiger partial charge on any atom is -0.383 e. The van der Waals surface area contributed by atoms with Crippen molar-refractivity contribution in [2.45, 2.75) is 25.4 Å². The third-order valence-corrected chi connectivity index (χ3v) is 3.81. The van der Waals surface area contributed by atoms with Crippen molar-refractivity contribution in [1.29, 1.82) is 0 Å². The molecule has 0 radical (unpaired) electrons. The van der Waals surface area contributed by atoms with E-state index in [9.17, 15) is 0 Å². The Morgan fingerprint density at radius 1 is 1.29 bits per heavy atom. The Bertz CT molecular complexity index is 207. The second-order valence-corrected chi connectivity index (χ2v) is 5.06. The summed E-state index contributed by atoms with van der Waals surface area (Å²) in [4.78, 5) is 0. The zero-order valence-corrected chi connectivity index (χ0v) is 10.8. The first kappa shape index (κ1) is 13.3. The quantitative estimate of drug-likeness (QED) is 0.708. The molecule has 0 aliphatic carbocycles. The Kier molecular flexibility index (Phi) is 5.71. The van der Waals surface area contributed by atoms with Crippen LogP contribution in [-0.4, -0.2) is 52.7 Å². The predicted molar refractivity (Wildman–Crippen MR) is 66.1 cm³/mol. The Balaban J connectivity index is 1.75. The van der Waals surface area contributed by atoms with Crippen LogP contribution in [0.15, 0.2) is 0 Å². The van der Waals surface area contributed by atoms with Crippen LogP contribution in [0, 0.1) is 11.8 Å². The Hall–Kier alpha value is -0.160. The highest BCUT2D eigenvalue weighted by Crippen LogP contribution is 2.30. The monoisotopic (exact) mass is 243 g/mol. The minimum atomic E-state index is 0.404. The van der Waals surface area contributed by atoms with Crippen LogP contribution in [0.3, 0.4) is 0 Å². The van der Waals surface area contributed by atoms with E-state index in [0.717, 1.165) is 39.5 Å². The van der Waals surface area contributed by atoms with Crippen LogP contribution >= 0.6 is 0 Å². The van der Waals surface area contributed by atoms with Crippen molar-refractivity contribution < 1.29 is 14.2 Å². The summed E-state index contributed by atoms with van der Waals surface area (Å²) in [5, 5.41) is 3.46. The van der Waals surface area contributed by atoms with Gasteiger partial charge in [-0.2, -0.15) is 0 Å². The summed E-state index contributed by atoms with van der Waals surface area (Å²) in [6.45, 7) is 5.49. The second-order valence-electron chi connectivity index (χ2n) is 5.06. The van der Waals surface area contributed by atoms with Gasteiger partial charge in [0.2, 0.25) is 0 Å². The lowest BCUT2D eigenvalue weighted by atomic mass is 9.85. The zero-order chi connectivity index (χ0) is 11.9.